The van der Waals surface area contributed by atoms with E-state index in [4.69, 9.17) is 4.74 Å². The topological polar surface area (TPSA) is 22.1 Å². The molecule has 1 saturated carbocycles. The van der Waals surface area contributed by atoms with Crippen molar-refractivity contribution < 1.29 is 9.13 Å². The molecule has 4 heteroatoms. The van der Waals surface area contributed by atoms with Crippen LogP contribution in [0.15, 0.2) is 24.5 Å². The largest absolute Gasteiger partial charge is 0.490 e. The van der Waals surface area contributed by atoms with Crippen LogP contribution in [-0.4, -0.2) is 17.3 Å². The van der Waals surface area contributed by atoms with Crippen molar-refractivity contribution in [3.8, 4) is 5.75 Å². The highest BCUT2D eigenvalue weighted by molar-refractivity contribution is 7.99. The van der Waals surface area contributed by atoms with E-state index in [2.05, 4.69) is 18.8 Å². The van der Waals surface area contributed by atoms with Gasteiger partial charge in [0.25, 0.3) is 0 Å². The molecule has 1 heterocycles. The Balaban J connectivity index is 2.01. The second kappa shape index (κ2) is 6.22. The number of pyridine rings is 1. The molecule has 1 unspecified atom stereocenters. The zero-order valence-electron chi connectivity index (χ0n) is 12.4. The molecule has 1 aliphatic carbocycles. The lowest BCUT2D eigenvalue weighted by Gasteiger charge is -2.15. The first-order chi connectivity index (χ1) is 10.2. The van der Waals surface area contributed by atoms with E-state index in [1.54, 1.807) is 6.20 Å². The molecular weight excluding hydrogens is 285 g/mol. The maximum atomic E-state index is 14.1. The fraction of sp³-hybridized carbons (Fsp3) is 0.471. The molecule has 1 aliphatic rings. The van der Waals surface area contributed by atoms with Crippen LogP contribution >= 0.6 is 11.8 Å². The minimum absolute atomic E-state index is 0.294. The highest BCUT2D eigenvalue weighted by Gasteiger charge is 2.23. The Labute approximate surface area is 129 Å². The first-order valence-corrected chi connectivity index (χ1v) is 8.56. The van der Waals surface area contributed by atoms with E-state index in [0.29, 0.717) is 23.5 Å². The molecule has 3 rings (SSSR count). The molecular formula is C17H20FNOS. The lowest BCUT2D eigenvalue weighted by atomic mass is 10.0. The Morgan fingerprint density at radius 1 is 1.33 bits per heavy atom. The Bertz CT molecular complexity index is 642. The molecule has 1 atom stereocenters. The van der Waals surface area contributed by atoms with E-state index in [0.717, 1.165) is 22.1 Å². The van der Waals surface area contributed by atoms with E-state index >= 15 is 0 Å². The summed E-state index contributed by atoms with van der Waals surface area (Å²) in [7, 11) is 0. The van der Waals surface area contributed by atoms with Gasteiger partial charge in [-0.25, -0.2) is 4.39 Å². The van der Waals surface area contributed by atoms with Crippen LogP contribution in [0.25, 0.3) is 10.8 Å². The van der Waals surface area contributed by atoms with Gasteiger partial charge >= 0.3 is 0 Å². The molecule has 0 aliphatic heterocycles. The maximum absolute atomic E-state index is 14.1. The molecule has 2 aromatic rings. The average molecular weight is 305 g/mol. The van der Waals surface area contributed by atoms with Crippen LogP contribution in [0.2, 0.25) is 0 Å². The number of benzene rings is 1. The van der Waals surface area contributed by atoms with E-state index in [1.165, 1.54) is 18.9 Å². The highest BCUT2D eigenvalue weighted by atomic mass is 32.2. The number of hydrogen-bond donors (Lipinski definition) is 0. The summed E-state index contributed by atoms with van der Waals surface area (Å²) in [6, 6.07) is 3.36. The third-order valence-corrected chi connectivity index (χ3v) is 4.98. The van der Waals surface area contributed by atoms with Crippen LogP contribution in [0.4, 0.5) is 4.39 Å². The fourth-order valence-corrected chi connectivity index (χ4v) is 3.38. The van der Waals surface area contributed by atoms with Gasteiger partial charge in [-0.05, 0) is 48.5 Å². The van der Waals surface area contributed by atoms with Gasteiger partial charge in [0.15, 0.2) is 11.6 Å². The summed E-state index contributed by atoms with van der Waals surface area (Å²) in [6.45, 7) is 4.92. The van der Waals surface area contributed by atoms with Crippen LogP contribution < -0.4 is 4.74 Å². The van der Waals surface area contributed by atoms with Gasteiger partial charge in [0.05, 0.1) is 6.61 Å². The van der Waals surface area contributed by atoms with Gasteiger partial charge in [0, 0.05) is 23.0 Å². The maximum Gasteiger partial charge on any atom is 0.165 e. The van der Waals surface area contributed by atoms with Crippen LogP contribution in [-0.2, 0) is 0 Å². The molecule has 0 spiro atoms. The molecule has 0 saturated heterocycles. The standard InChI is InChI=1S/C17H20FNOS/c1-3-21-11(2)14-8-19-9-15-13(14)6-7-16(18)17(15)20-10-12-4-5-12/h6-9,11-12H,3-5,10H2,1-2H3. The summed E-state index contributed by atoms with van der Waals surface area (Å²) >= 11 is 1.86. The Hall–Kier alpha value is -1.29. The van der Waals surface area contributed by atoms with Gasteiger partial charge in [-0.15, -0.1) is 0 Å². The predicted molar refractivity (Wildman–Crippen MR) is 86.5 cm³/mol. The highest BCUT2D eigenvalue weighted by Crippen LogP contribution is 2.37. The number of nitrogens with zero attached hydrogens (tertiary/aromatic N) is 1. The number of hydrogen-bond acceptors (Lipinski definition) is 3. The van der Waals surface area contributed by atoms with Crippen molar-refractivity contribution in [2.75, 3.05) is 12.4 Å². The van der Waals surface area contributed by atoms with E-state index in [1.807, 2.05) is 24.0 Å². The quantitative estimate of drug-likeness (QED) is 0.751. The molecule has 1 aromatic heterocycles. The number of ether oxygens (including phenoxy) is 1. The van der Waals surface area contributed by atoms with Crippen molar-refractivity contribution in [1.82, 2.24) is 4.98 Å². The zero-order valence-corrected chi connectivity index (χ0v) is 13.3. The van der Waals surface area contributed by atoms with Crippen molar-refractivity contribution >= 4 is 22.5 Å². The Morgan fingerprint density at radius 3 is 2.86 bits per heavy atom. The van der Waals surface area contributed by atoms with Crippen LogP contribution in [0.1, 0.15) is 37.5 Å². The predicted octanol–water partition coefficient (Wildman–Crippen LogP) is 4.98. The SMILES string of the molecule is CCSC(C)c1cncc2c(OCC3CC3)c(F)ccc12. The number of thioether (sulfide) groups is 1. The first kappa shape index (κ1) is 14.6. The number of aromatic nitrogens is 1. The van der Waals surface area contributed by atoms with Crippen LogP contribution in [0.5, 0.6) is 5.75 Å². The van der Waals surface area contributed by atoms with Gasteiger partial charge < -0.3 is 4.74 Å². The van der Waals surface area contributed by atoms with Gasteiger partial charge in [-0.3, -0.25) is 4.98 Å². The average Bonchev–Trinajstić information content (AvgIpc) is 3.30. The van der Waals surface area contributed by atoms with Crippen molar-refractivity contribution in [3.63, 3.8) is 0 Å². The monoisotopic (exact) mass is 305 g/mol. The lowest BCUT2D eigenvalue weighted by molar-refractivity contribution is 0.289. The first-order valence-electron chi connectivity index (χ1n) is 7.51. The second-order valence-corrected chi connectivity index (χ2v) is 7.17. The minimum Gasteiger partial charge on any atom is -0.490 e. The molecule has 2 nitrogen and oxygen atoms in total. The lowest BCUT2D eigenvalue weighted by Crippen LogP contribution is -2.02. The number of halogens is 1. The fourth-order valence-electron chi connectivity index (χ4n) is 2.51. The van der Waals surface area contributed by atoms with Crippen molar-refractivity contribution in [1.29, 1.82) is 0 Å². The molecule has 0 radical (unpaired) electrons. The summed E-state index contributed by atoms with van der Waals surface area (Å²) in [4.78, 5) is 4.30. The van der Waals surface area contributed by atoms with Gasteiger partial charge in [0.2, 0.25) is 0 Å². The molecule has 0 bridgehead atoms. The number of rotatable bonds is 6. The molecule has 1 aromatic carbocycles. The normalized spacial score (nSPS) is 16.1. The van der Waals surface area contributed by atoms with Crippen molar-refractivity contribution in [2.24, 2.45) is 5.92 Å². The van der Waals surface area contributed by atoms with Crippen molar-refractivity contribution in [3.05, 3.63) is 35.9 Å². The van der Waals surface area contributed by atoms with Gasteiger partial charge in [-0.1, -0.05) is 13.0 Å². The second-order valence-electron chi connectivity index (χ2n) is 5.55. The van der Waals surface area contributed by atoms with Crippen molar-refractivity contribution in [2.45, 2.75) is 31.9 Å². The van der Waals surface area contributed by atoms with Crippen LogP contribution in [0, 0.1) is 11.7 Å². The van der Waals surface area contributed by atoms with Crippen LogP contribution in [0.3, 0.4) is 0 Å². The summed E-state index contributed by atoms with van der Waals surface area (Å²) in [6.07, 6.45) is 5.99. The minimum atomic E-state index is -0.294. The smallest absolute Gasteiger partial charge is 0.165 e. The van der Waals surface area contributed by atoms with E-state index in [-0.39, 0.29) is 5.82 Å². The Morgan fingerprint density at radius 2 is 2.14 bits per heavy atom. The summed E-state index contributed by atoms with van der Waals surface area (Å²) < 4.78 is 19.9. The molecule has 1 fully saturated rings. The van der Waals surface area contributed by atoms with E-state index in [9.17, 15) is 4.39 Å². The molecule has 0 amide bonds. The van der Waals surface area contributed by atoms with Gasteiger partial charge in [-0.2, -0.15) is 11.8 Å². The summed E-state index contributed by atoms with van der Waals surface area (Å²) in [5.41, 5.74) is 1.15. The number of fused-ring (bicyclic) bond motifs is 1. The van der Waals surface area contributed by atoms with Gasteiger partial charge in [0.1, 0.15) is 0 Å². The zero-order chi connectivity index (χ0) is 14.8. The Kier molecular flexibility index (Phi) is 4.34. The summed E-state index contributed by atoms with van der Waals surface area (Å²) in [5, 5.41) is 2.18. The third kappa shape index (κ3) is 3.15. The summed E-state index contributed by atoms with van der Waals surface area (Å²) in [5.74, 6) is 1.72. The molecule has 0 N–H and O–H groups in total. The molecule has 112 valence electrons. The van der Waals surface area contributed by atoms with E-state index < -0.39 is 0 Å². The molecule has 21 heavy (non-hydrogen) atoms. The third-order valence-electron chi connectivity index (χ3n) is 3.89.